The summed E-state index contributed by atoms with van der Waals surface area (Å²) < 4.78 is 0. The van der Waals surface area contributed by atoms with Crippen molar-refractivity contribution in [1.82, 2.24) is 15.5 Å². The van der Waals surface area contributed by atoms with Crippen LogP contribution in [0.25, 0.3) is 0 Å². The molecule has 2 rings (SSSR count). The van der Waals surface area contributed by atoms with Gasteiger partial charge in [-0.3, -0.25) is 9.69 Å². The summed E-state index contributed by atoms with van der Waals surface area (Å²) in [6.07, 6.45) is 7.34. The van der Waals surface area contributed by atoms with E-state index in [1.54, 1.807) is 0 Å². The normalized spacial score (nSPS) is 30.1. The summed E-state index contributed by atoms with van der Waals surface area (Å²) in [4.78, 5) is 14.4. The SMILES string of the molecule is CC1CCCCN1CCNC(=O)C1CCCCN1. The number of rotatable bonds is 4. The first-order valence-corrected chi connectivity index (χ1v) is 7.52. The molecule has 0 aromatic rings. The Morgan fingerprint density at radius 3 is 2.83 bits per heavy atom. The van der Waals surface area contributed by atoms with Gasteiger partial charge in [-0.25, -0.2) is 0 Å². The first kappa shape index (κ1) is 13.8. The van der Waals surface area contributed by atoms with Gasteiger partial charge in [-0.05, 0) is 45.7 Å². The molecular weight excluding hydrogens is 226 g/mol. The van der Waals surface area contributed by atoms with Crippen molar-refractivity contribution in [3.63, 3.8) is 0 Å². The van der Waals surface area contributed by atoms with Crippen molar-refractivity contribution in [2.45, 2.75) is 57.5 Å². The van der Waals surface area contributed by atoms with Crippen LogP contribution in [0.3, 0.4) is 0 Å². The molecule has 2 N–H and O–H groups in total. The van der Waals surface area contributed by atoms with Gasteiger partial charge < -0.3 is 10.6 Å². The summed E-state index contributed by atoms with van der Waals surface area (Å²) in [6, 6.07) is 0.737. The molecule has 2 heterocycles. The molecule has 1 amide bonds. The average Bonchev–Trinajstić information content (AvgIpc) is 2.42. The van der Waals surface area contributed by atoms with E-state index in [4.69, 9.17) is 0 Å². The van der Waals surface area contributed by atoms with Crippen molar-refractivity contribution in [3.05, 3.63) is 0 Å². The molecule has 2 fully saturated rings. The van der Waals surface area contributed by atoms with Crippen LogP contribution in [0.15, 0.2) is 0 Å². The fourth-order valence-corrected chi connectivity index (χ4v) is 3.01. The summed E-state index contributed by atoms with van der Waals surface area (Å²) in [7, 11) is 0. The van der Waals surface area contributed by atoms with E-state index in [1.165, 1.54) is 38.6 Å². The van der Waals surface area contributed by atoms with Crippen LogP contribution in [-0.2, 0) is 4.79 Å². The maximum Gasteiger partial charge on any atom is 0.237 e. The lowest BCUT2D eigenvalue weighted by Crippen LogP contribution is -2.49. The zero-order valence-corrected chi connectivity index (χ0v) is 11.6. The smallest absolute Gasteiger partial charge is 0.237 e. The maximum absolute atomic E-state index is 11.9. The molecule has 0 spiro atoms. The molecule has 0 aromatic heterocycles. The van der Waals surface area contributed by atoms with E-state index >= 15 is 0 Å². The van der Waals surface area contributed by atoms with Crippen LogP contribution in [0.5, 0.6) is 0 Å². The average molecular weight is 253 g/mol. The Hall–Kier alpha value is -0.610. The minimum absolute atomic E-state index is 0.0533. The van der Waals surface area contributed by atoms with Crippen LogP contribution >= 0.6 is 0 Å². The highest BCUT2D eigenvalue weighted by atomic mass is 16.2. The van der Waals surface area contributed by atoms with Crippen molar-refractivity contribution in [2.24, 2.45) is 0 Å². The second-order valence-corrected chi connectivity index (χ2v) is 5.67. The van der Waals surface area contributed by atoms with E-state index in [-0.39, 0.29) is 11.9 Å². The van der Waals surface area contributed by atoms with Crippen LogP contribution < -0.4 is 10.6 Å². The van der Waals surface area contributed by atoms with E-state index < -0.39 is 0 Å². The summed E-state index contributed by atoms with van der Waals surface area (Å²) in [6.45, 7) is 6.27. The Kier molecular flexibility index (Phi) is 5.45. The van der Waals surface area contributed by atoms with Gasteiger partial charge in [-0.2, -0.15) is 0 Å². The molecule has 104 valence electrons. The van der Waals surface area contributed by atoms with Crippen molar-refractivity contribution in [2.75, 3.05) is 26.2 Å². The van der Waals surface area contributed by atoms with Gasteiger partial charge >= 0.3 is 0 Å². The monoisotopic (exact) mass is 253 g/mol. The third kappa shape index (κ3) is 3.95. The van der Waals surface area contributed by atoms with E-state index in [0.29, 0.717) is 6.04 Å². The quantitative estimate of drug-likeness (QED) is 0.789. The third-order valence-corrected chi connectivity index (χ3v) is 4.27. The number of nitrogens with zero attached hydrogens (tertiary/aromatic N) is 1. The van der Waals surface area contributed by atoms with Crippen molar-refractivity contribution in [1.29, 1.82) is 0 Å². The van der Waals surface area contributed by atoms with Crippen LogP contribution in [0.4, 0.5) is 0 Å². The lowest BCUT2D eigenvalue weighted by molar-refractivity contribution is -0.123. The molecule has 4 nitrogen and oxygen atoms in total. The summed E-state index contributed by atoms with van der Waals surface area (Å²) in [5.41, 5.74) is 0. The van der Waals surface area contributed by atoms with E-state index in [2.05, 4.69) is 22.5 Å². The molecule has 0 radical (unpaired) electrons. The zero-order valence-electron chi connectivity index (χ0n) is 11.6. The maximum atomic E-state index is 11.9. The predicted octanol–water partition coefficient (Wildman–Crippen LogP) is 1.12. The molecule has 4 heteroatoms. The van der Waals surface area contributed by atoms with Crippen LogP contribution in [0, 0.1) is 0 Å². The summed E-state index contributed by atoms with van der Waals surface area (Å²) >= 11 is 0. The second-order valence-electron chi connectivity index (χ2n) is 5.67. The third-order valence-electron chi connectivity index (χ3n) is 4.27. The highest BCUT2D eigenvalue weighted by Gasteiger charge is 2.21. The van der Waals surface area contributed by atoms with Gasteiger partial charge in [-0.15, -0.1) is 0 Å². The molecule has 2 atom stereocenters. The van der Waals surface area contributed by atoms with Crippen molar-refractivity contribution < 1.29 is 4.79 Å². The molecule has 2 aliphatic rings. The molecule has 0 aromatic carbocycles. The first-order valence-electron chi connectivity index (χ1n) is 7.52. The summed E-state index contributed by atoms with van der Waals surface area (Å²) in [5.74, 6) is 0.194. The van der Waals surface area contributed by atoms with Gasteiger partial charge in [0.15, 0.2) is 0 Å². The number of carbonyl (C=O) groups excluding carboxylic acids is 1. The molecule has 2 saturated heterocycles. The number of amides is 1. The lowest BCUT2D eigenvalue weighted by Gasteiger charge is -2.33. The van der Waals surface area contributed by atoms with Crippen LogP contribution in [0.2, 0.25) is 0 Å². The molecule has 2 aliphatic heterocycles. The number of carbonyl (C=O) groups is 1. The number of likely N-dealkylation sites (tertiary alicyclic amines) is 1. The van der Waals surface area contributed by atoms with Gasteiger partial charge in [0.25, 0.3) is 0 Å². The Morgan fingerprint density at radius 1 is 1.28 bits per heavy atom. The largest absolute Gasteiger partial charge is 0.353 e. The molecule has 2 unspecified atom stereocenters. The topological polar surface area (TPSA) is 44.4 Å². The fraction of sp³-hybridized carbons (Fsp3) is 0.929. The minimum atomic E-state index is 0.0533. The highest BCUT2D eigenvalue weighted by Crippen LogP contribution is 2.15. The Labute approximate surface area is 110 Å². The van der Waals surface area contributed by atoms with E-state index in [1.807, 2.05) is 0 Å². The standard InChI is InChI=1S/C14H27N3O/c1-12-6-3-5-10-17(12)11-9-16-14(18)13-7-2-4-8-15-13/h12-13,15H,2-11H2,1H3,(H,16,18). The predicted molar refractivity (Wildman–Crippen MR) is 73.5 cm³/mol. The zero-order chi connectivity index (χ0) is 12.8. The second kappa shape index (κ2) is 7.10. The Balaban J connectivity index is 1.63. The first-order chi connectivity index (χ1) is 8.77. The summed E-state index contributed by atoms with van der Waals surface area (Å²) in [5, 5.41) is 6.37. The number of nitrogens with one attached hydrogen (secondary N) is 2. The molecular formula is C14H27N3O. The molecule has 0 saturated carbocycles. The van der Waals surface area contributed by atoms with Gasteiger partial charge in [0.05, 0.1) is 6.04 Å². The van der Waals surface area contributed by atoms with E-state index in [9.17, 15) is 4.79 Å². The van der Waals surface area contributed by atoms with Gasteiger partial charge in [-0.1, -0.05) is 12.8 Å². The number of hydrogen-bond acceptors (Lipinski definition) is 3. The van der Waals surface area contributed by atoms with Gasteiger partial charge in [0.1, 0.15) is 0 Å². The van der Waals surface area contributed by atoms with Crippen LogP contribution in [0.1, 0.15) is 45.4 Å². The Bertz CT molecular complexity index is 264. The van der Waals surface area contributed by atoms with Crippen molar-refractivity contribution >= 4 is 5.91 Å². The fourth-order valence-electron chi connectivity index (χ4n) is 3.01. The van der Waals surface area contributed by atoms with E-state index in [0.717, 1.165) is 26.1 Å². The van der Waals surface area contributed by atoms with Crippen LogP contribution in [-0.4, -0.2) is 49.1 Å². The number of piperidine rings is 2. The molecule has 18 heavy (non-hydrogen) atoms. The molecule has 0 aliphatic carbocycles. The molecule has 0 bridgehead atoms. The van der Waals surface area contributed by atoms with Crippen molar-refractivity contribution in [3.8, 4) is 0 Å². The highest BCUT2D eigenvalue weighted by molar-refractivity contribution is 5.81. The lowest BCUT2D eigenvalue weighted by atomic mass is 10.0. The van der Waals surface area contributed by atoms with Gasteiger partial charge in [0, 0.05) is 19.1 Å². The number of hydrogen-bond donors (Lipinski definition) is 2. The minimum Gasteiger partial charge on any atom is -0.353 e. The Morgan fingerprint density at radius 2 is 2.11 bits per heavy atom. The van der Waals surface area contributed by atoms with Gasteiger partial charge in [0.2, 0.25) is 5.91 Å².